The van der Waals surface area contributed by atoms with E-state index in [-0.39, 0.29) is 10.9 Å². The number of nitrogens with two attached hydrogens (primary N) is 1. The van der Waals surface area contributed by atoms with Crippen molar-refractivity contribution in [3.63, 3.8) is 0 Å². The molecule has 0 radical (unpaired) electrons. The summed E-state index contributed by atoms with van der Waals surface area (Å²) in [6.07, 6.45) is 1.60. The fourth-order valence-electron chi connectivity index (χ4n) is 1.37. The maximum absolute atomic E-state index is 11.6. The van der Waals surface area contributed by atoms with E-state index in [0.29, 0.717) is 5.01 Å². The van der Waals surface area contributed by atoms with Crippen LogP contribution in [0.25, 0.3) is 0 Å². The van der Waals surface area contributed by atoms with E-state index in [1.165, 1.54) is 18.4 Å². The molecular weight excluding hydrogens is 280 g/mol. The number of thiazole rings is 1. The number of aromatic nitrogens is 1. The topological polar surface area (TPSA) is 97.1 Å². The Balaban J connectivity index is 3.07. The van der Waals surface area contributed by atoms with Crippen molar-refractivity contribution in [1.82, 2.24) is 15.0 Å². The van der Waals surface area contributed by atoms with E-state index in [0.717, 1.165) is 0 Å². The Morgan fingerprint density at radius 3 is 2.76 bits per heavy atom. The maximum atomic E-state index is 11.6. The van der Waals surface area contributed by atoms with Gasteiger partial charge in [-0.3, -0.25) is 0 Å². The molecule has 0 aliphatic carbocycles. The molecule has 4 N–H and O–H groups in total. The summed E-state index contributed by atoms with van der Waals surface area (Å²) in [7, 11) is -2.05. The quantitative estimate of drug-likeness (QED) is 0.648. The summed E-state index contributed by atoms with van der Waals surface area (Å²) in [6.45, 7) is 1.69. The smallest absolute Gasteiger partial charge is 0.214 e. The van der Waals surface area contributed by atoms with Gasteiger partial charge in [0.15, 0.2) is 5.11 Å². The molecule has 1 aromatic rings. The van der Waals surface area contributed by atoms with Crippen LogP contribution in [-0.2, 0) is 15.6 Å². The number of rotatable bonds is 5. The minimum atomic E-state index is -3.41. The molecule has 0 bridgehead atoms. The van der Waals surface area contributed by atoms with Gasteiger partial charge in [-0.2, -0.15) is 0 Å². The van der Waals surface area contributed by atoms with Gasteiger partial charge >= 0.3 is 0 Å². The predicted molar refractivity (Wildman–Crippen MR) is 72.2 cm³/mol. The highest BCUT2D eigenvalue weighted by Gasteiger charge is 2.34. The van der Waals surface area contributed by atoms with Crippen molar-refractivity contribution >= 4 is 38.7 Å². The molecule has 0 amide bonds. The average Bonchev–Trinajstić information content (AvgIpc) is 2.68. The SMILES string of the molecule is CNS(=O)(=O)C[C@](C)(NC(N)=S)c1nccs1. The highest BCUT2D eigenvalue weighted by molar-refractivity contribution is 7.89. The lowest BCUT2D eigenvalue weighted by atomic mass is 10.1. The number of sulfonamides is 1. The Hall–Kier alpha value is -0.770. The molecule has 0 aliphatic rings. The molecule has 0 spiro atoms. The van der Waals surface area contributed by atoms with Crippen molar-refractivity contribution in [2.75, 3.05) is 12.8 Å². The van der Waals surface area contributed by atoms with Gasteiger partial charge in [-0.25, -0.2) is 18.1 Å². The standard InChI is InChI=1S/C8H14N4O2S3/c1-8(12-7(9)15,5-17(13,14)10-2)6-11-3-4-16-6/h3-4,10H,5H2,1-2H3,(H3,9,12,15)/t8-/m0/s1. The first-order valence-corrected chi connectivity index (χ1v) is 7.62. The molecule has 0 fully saturated rings. The summed E-state index contributed by atoms with van der Waals surface area (Å²) in [5.74, 6) is -0.193. The highest BCUT2D eigenvalue weighted by Crippen LogP contribution is 2.24. The summed E-state index contributed by atoms with van der Waals surface area (Å²) in [5.41, 5.74) is 4.50. The molecule has 0 unspecified atom stereocenters. The minimum Gasteiger partial charge on any atom is -0.376 e. The first-order valence-electron chi connectivity index (χ1n) is 4.68. The van der Waals surface area contributed by atoms with Crippen molar-refractivity contribution in [2.24, 2.45) is 5.73 Å². The number of hydrogen-bond acceptors (Lipinski definition) is 5. The van der Waals surface area contributed by atoms with Crippen molar-refractivity contribution < 1.29 is 8.42 Å². The zero-order valence-electron chi connectivity index (χ0n) is 9.43. The molecule has 0 saturated carbocycles. The number of thiocarbonyl (C=S) groups is 1. The second-order valence-electron chi connectivity index (χ2n) is 3.62. The maximum Gasteiger partial charge on any atom is 0.214 e. The molecule has 17 heavy (non-hydrogen) atoms. The third-order valence-electron chi connectivity index (χ3n) is 2.09. The molecule has 0 saturated heterocycles. The van der Waals surface area contributed by atoms with Crippen LogP contribution in [-0.4, -0.2) is 31.3 Å². The van der Waals surface area contributed by atoms with Crippen molar-refractivity contribution in [1.29, 1.82) is 0 Å². The average molecular weight is 294 g/mol. The van der Waals surface area contributed by atoms with Crippen LogP contribution < -0.4 is 15.8 Å². The molecule has 1 atom stereocenters. The van der Waals surface area contributed by atoms with Gasteiger partial charge in [-0.15, -0.1) is 11.3 Å². The first kappa shape index (κ1) is 14.3. The van der Waals surface area contributed by atoms with E-state index >= 15 is 0 Å². The lowest BCUT2D eigenvalue weighted by Gasteiger charge is -2.28. The summed E-state index contributed by atoms with van der Waals surface area (Å²) >= 11 is 6.11. The molecule has 1 heterocycles. The van der Waals surface area contributed by atoms with Crippen molar-refractivity contribution in [3.8, 4) is 0 Å². The Bertz CT molecular complexity index is 485. The second-order valence-corrected chi connectivity index (χ2v) is 6.88. The number of nitrogens with zero attached hydrogens (tertiary/aromatic N) is 1. The van der Waals surface area contributed by atoms with Gasteiger partial charge in [0.05, 0.1) is 5.75 Å². The molecular formula is C8H14N4O2S3. The van der Waals surface area contributed by atoms with Gasteiger partial charge in [0.25, 0.3) is 0 Å². The van der Waals surface area contributed by atoms with Gasteiger partial charge in [-0.1, -0.05) is 0 Å². The third-order valence-corrected chi connectivity index (χ3v) is 4.81. The molecule has 0 aromatic carbocycles. The van der Waals surface area contributed by atoms with E-state index in [4.69, 9.17) is 18.0 Å². The summed E-state index contributed by atoms with van der Waals surface area (Å²) in [5, 5.41) is 5.20. The van der Waals surface area contributed by atoms with E-state index in [1.54, 1.807) is 18.5 Å². The van der Waals surface area contributed by atoms with E-state index in [2.05, 4.69) is 15.0 Å². The second kappa shape index (κ2) is 5.25. The van der Waals surface area contributed by atoms with Crippen LogP contribution in [0.3, 0.4) is 0 Å². The summed E-state index contributed by atoms with van der Waals surface area (Å²) in [6, 6.07) is 0. The van der Waals surface area contributed by atoms with E-state index < -0.39 is 15.6 Å². The van der Waals surface area contributed by atoms with Crippen LogP contribution in [0.5, 0.6) is 0 Å². The molecule has 1 aromatic heterocycles. The van der Waals surface area contributed by atoms with Crippen molar-refractivity contribution in [3.05, 3.63) is 16.6 Å². The fraction of sp³-hybridized carbons (Fsp3) is 0.500. The Morgan fingerprint density at radius 2 is 2.35 bits per heavy atom. The third kappa shape index (κ3) is 3.87. The number of hydrogen-bond donors (Lipinski definition) is 3. The molecule has 96 valence electrons. The Kier molecular flexibility index (Phi) is 4.42. The Morgan fingerprint density at radius 1 is 1.71 bits per heavy atom. The zero-order valence-corrected chi connectivity index (χ0v) is 11.9. The van der Waals surface area contributed by atoms with Crippen LogP contribution in [0.15, 0.2) is 11.6 Å². The first-order chi connectivity index (χ1) is 7.79. The normalized spacial score (nSPS) is 15.2. The molecule has 0 aliphatic heterocycles. The molecule has 6 nitrogen and oxygen atoms in total. The lowest BCUT2D eigenvalue weighted by molar-refractivity contribution is 0.473. The van der Waals surface area contributed by atoms with Gasteiger partial charge in [0.1, 0.15) is 10.5 Å². The van der Waals surface area contributed by atoms with Crippen LogP contribution in [0.2, 0.25) is 0 Å². The van der Waals surface area contributed by atoms with Gasteiger partial charge in [0.2, 0.25) is 10.0 Å². The highest BCUT2D eigenvalue weighted by atomic mass is 32.2. The lowest BCUT2D eigenvalue weighted by Crippen LogP contribution is -2.51. The van der Waals surface area contributed by atoms with Gasteiger partial charge < -0.3 is 11.1 Å². The van der Waals surface area contributed by atoms with Crippen LogP contribution >= 0.6 is 23.6 Å². The van der Waals surface area contributed by atoms with Gasteiger partial charge in [0, 0.05) is 11.6 Å². The van der Waals surface area contributed by atoms with E-state index in [9.17, 15) is 8.42 Å². The molecule has 9 heteroatoms. The van der Waals surface area contributed by atoms with Crippen LogP contribution in [0.4, 0.5) is 0 Å². The molecule has 1 rings (SSSR count). The van der Waals surface area contributed by atoms with Crippen LogP contribution in [0, 0.1) is 0 Å². The summed E-state index contributed by atoms with van der Waals surface area (Å²) < 4.78 is 25.5. The largest absolute Gasteiger partial charge is 0.376 e. The fourth-order valence-corrected chi connectivity index (χ4v) is 3.56. The minimum absolute atomic E-state index is 0.0361. The number of nitrogens with one attached hydrogen (secondary N) is 2. The zero-order chi connectivity index (χ0) is 13.1. The van der Waals surface area contributed by atoms with Crippen LogP contribution in [0.1, 0.15) is 11.9 Å². The van der Waals surface area contributed by atoms with Crippen molar-refractivity contribution in [2.45, 2.75) is 12.5 Å². The predicted octanol–water partition coefficient (Wildman–Crippen LogP) is -0.259. The van der Waals surface area contributed by atoms with Gasteiger partial charge in [-0.05, 0) is 26.2 Å². The monoisotopic (exact) mass is 294 g/mol. The van der Waals surface area contributed by atoms with E-state index in [1.807, 2.05) is 0 Å². The Labute approximate surface area is 110 Å². The summed E-state index contributed by atoms with van der Waals surface area (Å²) in [4.78, 5) is 4.11.